The summed E-state index contributed by atoms with van der Waals surface area (Å²) in [6.07, 6.45) is 0. The Hall–Kier alpha value is -2.22. The highest BCUT2D eigenvalue weighted by Crippen LogP contribution is 2.23. The van der Waals surface area contributed by atoms with Crippen molar-refractivity contribution >= 4 is 16.1 Å². The fourth-order valence-electron chi connectivity index (χ4n) is 1.47. The zero-order valence-corrected chi connectivity index (χ0v) is 14.0. The van der Waals surface area contributed by atoms with Gasteiger partial charge < -0.3 is 14.2 Å². The van der Waals surface area contributed by atoms with Gasteiger partial charge in [0.05, 0.1) is 31.6 Å². The van der Waals surface area contributed by atoms with Crippen LogP contribution < -0.4 is 9.64 Å². The largest absolute Gasteiger partial charge is 0.744 e. The minimum Gasteiger partial charge on any atom is -0.744 e. The Bertz CT molecular complexity index is 739. The molecular weight excluding hydrogens is 318 g/mol. The molecule has 0 bridgehead atoms. The Morgan fingerprint density at radius 2 is 1.43 bits per heavy atom. The van der Waals surface area contributed by atoms with Crippen LogP contribution in [-0.4, -0.2) is 40.1 Å². The second kappa shape index (κ2) is 8.42. The summed E-state index contributed by atoms with van der Waals surface area (Å²) in [6.45, 7) is 0. The maximum absolute atomic E-state index is 11.8. The number of quaternary nitrogens is 1. The molecule has 2 aromatic rings. The summed E-state index contributed by atoms with van der Waals surface area (Å²) in [5.74, 6) is -0.997. The van der Waals surface area contributed by atoms with Gasteiger partial charge in [-0.2, -0.15) is 0 Å². The zero-order chi connectivity index (χ0) is 17.5. The fraction of sp³-hybridized carbons (Fsp3) is 0.188. The maximum Gasteiger partial charge on any atom is 0.343 e. The molecule has 23 heavy (non-hydrogen) atoms. The van der Waals surface area contributed by atoms with E-state index in [0.717, 1.165) is 6.07 Å². The van der Waals surface area contributed by atoms with Crippen molar-refractivity contribution in [1.82, 2.24) is 0 Å². The minimum atomic E-state index is -4.69. The summed E-state index contributed by atoms with van der Waals surface area (Å²) in [5, 5.41) is 0. The quantitative estimate of drug-likeness (QED) is 0.503. The molecule has 0 radical (unpaired) electrons. The van der Waals surface area contributed by atoms with E-state index in [9.17, 15) is 17.8 Å². The predicted molar refractivity (Wildman–Crippen MR) is 84.5 cm³/mol. The third-order valence-corrected chi connectivity index (χ3v) is 3.21. The van der Waals surface area contributed by atoms with E-state index in [1.807, 2.05) is 0 Å². The molecule has 0 aliphatic carbocycles. The molecule has 0 atom stereocenters. The van der Waals surface area contributed by atoms with E-state index in [4.69, 9.17) is 4.74 Å². The lowest BCUT2D eigenvalue weighted by Gasteiger charge is -2.12. The van der Waals surface area contributed by atoms with Crippen molar-refractivity contribution in [2.75, 3.05) is 21.1 Å². The number of hydrogen-bond donors (Lipinski definition) is 1. The highest BCUT2D eigenvalue weighted by Gasteiger charge is 2.14. The molecular formula is C16H19NO5S. The lowest BCUT2D eigenvalue weighted by atomic mass is 10.2. The van der Waals surface area contributed by atoms with Gasteiger partial charge in [-0.15, -0.1) is 0 Å². The summed E-state index contributed by atoms with van der Waals surface area (Å²) >= 11 is 0. The molecule has 0 aliphatic rings. The third-order valence-electron chi connectivity index (χ3n) is 2.33. The van der Waals surface area contributed by atoms with E-state index >= 15 is 0 Å². The van der Waals surface area contributed by atoms with Crippen LogP contribution in [0.1, 0.15) is 10.4 Å². The van der Waals surface area contributed by atoms with Crippen molar-refractivity contribution in [3.05, 3.63) is 60.2 Å². The molecule has 0 aliphatic heterocycles. The molecule has 0 aromatic heterocycles. The molecule has 0 amide bonds. The first-order valence-corrected chi connectivity index (χ1v) is 8.21. The third kappa shape index (κ3) is 6.60. The Kier molecular flexibility index (Phi) is 6.89. The number of carbonyl (C=O) groups is 1. The lowest BCUT2D eigenvalue weighted by molar-refractivity contribution is -0.836. The van der Waals surface area contributed by atoms with Crippen LogP contribution in [-0.2, 0) is 10.1 Å². The van der Waals surface area contributed by atoms with Gasteiger partial charge in [-0.05, 0) is 24.3 Å². The van der Waals surface area contributed by atoms with Crippen molar-refractivity contribution in [3.8, 4) is 5.75 Å². The molecule has 2 rings (SSSR count). The molecule has 0 saturated carbocycles. The number of rotatable bonds is 3. The summed E-state index contributed by atoms with van der Waals surface area (Å²) in [6, 6.07) is 13.3. The van der Waals surface area contributed by atoms with Crippen LogP contribution in [0.3, 0.4) is 0 Å². The second-order valence-electron chi connectivity index (χ2n) is 5.16. The number of hydrogen-bond acceptors (Lipinski definition) is 5. The lowest BCUT2D eigenvalue weighted by Crippen LogP contribution is -3.02. The van der Waals surface area contributed by atoms with Crippen LogP contribution in [0.2, 0.25) is 0 Å². The second-order valence-corrected chi connectivity index (χ2v) is 6.50. The van der Waals surface area contributed by atoms with Gasteiger partial charge in [-0.3, -0.25) is 0 Å². The van der Waals surface area contributed by atoms with Gasteiger partial charge in [-0.1, -0.05) is 30.3 Å². The molecule has 124 valence electrons. The number of esters is 1. The predicted octanol–water partition coefficient (Wildman–Crippen LogP) is 0.571. The van der Waals surface area contributed by atoms with Crippen molar-refractivity contribution in [2.45, 2.75) is 4.90 Å². The van der Waals surface area contributed by atoms with Gasteiger partial charge >= 0.3 is 5.97 Å². The van der Waals surface area contributed by atoms with Gasteiger partial charge in [0, 0.05) is 0 Å². The van der Waals surface area contributed by atoms with Crippen LogP contribution in [0.25, 0.3) is 0 Å². The van der Waals surface area contributed by atoms with E-state index in [1.54, 1.807) is 18.2 Å². The first-order valence-electron chi connectivity index (χ1n) is 6.80. The Balaban J connectivity index is 0.000000593. The van der Waals surface area contributed by atoms with Crippen LogP contribution >= 0.6 is 0 Å². The van der Waals surface area contributed by atoms with Gasteiger partial charge in [0.1, 0.15) is 15.9 Å². The molecule has 6 nitrogen and oxygen atoms in total. The number of carbonyl (C=O) groups excluding carboxylic acids is 1. The van der Waals surface area contributed by atoms with Crippen molar-refractivity contribution in [3.63, 3.8) is 0 Å². The van der Waals surface area contributed by atoms with Crippen LogP contribution in [0, 0.1) is 0 Å². The monoisotopic (exact) mass is 337 g/mol. The molecule has 0 saturated heterocycles. The first kappa shape index (κ1) is 18.8. The van der Waals surface area contributed by atoms with Crippen LogP contribution in [0.5, 0.6) is 5.75 Å². The summed E-state index contributed by atoms with van der Waals surface area (Å²) in [5.41, 5.74) is 0.264. The molecule has 7 heteroatoms. The highest BCUT2D eigenvalue weighted by atomic mass is 32.2. The normalized spacial score (nSPS) is 10.7. The smallest absolute Gasteiger partial charge is 0.343 e. The van der Waals surface area contributed by atoms with Crippen LogP contribution in [0.4, 0.5) is 0 Å². The Labute approximate surface area is 136 Å². The van der Waals surface area contributed by atoms with Gasteiger partial charge in [0.25, 0.3) is 0 Å². The number of ether oxygens (including phenoxy) is 1. The van der Waals surface area contributed by atoms with Crippen molar-refractivity contribution in [1.29, 1.82) is 0 Å². The van der Waals surface area contributed by atoms with E-state index < -0.39 is 21.0 Å². The SMILES string of the molecule is C[NH+](C)C.O=C(Oc1ccccc1S(=O)(=O)[O-])c1ccccc1. The van der Waals surface area contributed by atoms with E-state index in [2.05, 4.69) is 21.1 Å². The average Bonchev–Trinajstić information content (AvgIpc) is 2.47. The number of nitrogens with one attached hydrogen (secondary N) is 1. The highest BCUT2D eigenvalue weighted by molar-refractivity contribution is 7.85. The maximum atomic E-state index is 11.8. The zero-order valence-electron chi connectivity index (χ0n) is 13.1. The molecule has 0 unspecified atom stereocenters. The topological polar surface area (TPSA) is 87.9 Å². The molecule has 0 spiro atoms. The van der Waals surface area contributed by atoms with E-state index in [0.29, 0.717) is 0 Å². The first-order chi connectivity index (χ1) is 10.7. The standard InChI is InChI=1S/C13H10O5S.C3H9N/c14-13(10-6-2-1-3-7-10)18-11-8-4-5-9-12(11)19(15,16)17;1-4(2)3/h1-9H,(H,15,16,17);1-3H3. The van der Waals surface area contributed by atoms with Gasteiger partial charge in [0.2, 0.25) is 0 Å². The number of para-hydroxylation sites is 1. The van der Waals surface area contributed by atoms with Crippen molar-refractivity contribution in [2.24, 2.45) is 0 Å². The summed E-state index contributed by atoms with van der Waals surface area (Å²) in [7, 11) is 1.56. The Morgan fingerprint density at radius 1 is 0.957 bits per heavy atom. The van der Waals surface area contributed by atoms with Gasteiger partial charge in [0.15, 0.2) is 0 Å². The molecule has 0 heterocycles. The Morgan fingerprint density at radius 3 is 1.96 bits per heavy atom. The van der Waals surface area contributed by atoms with E-state index in [-0.39, 0.29) is 11.3 Å². The minimum absolute atomic E-state index is 0.264. The summed E-state index contributed by atoms with van der Waals surface area (Å²) in [4.78, 5) is 12.6. The van der Waals surface area contributed by atoms with Crippen LogP contribution in [0.15, 0.2) is 59.5 Å². The fourth-order valence-corrected chi connectivity index (χ4v) is 2.08. The van der Waals surface area contributed by atoms with E-state index in [1.165, 1.54) is 35.2 Å². The molecule has 2 aromatic carbocycles. The van der Waals surface area contributed by atoms with Crippen molar-refractivity contribution < 1.29 is 27.4 Å². The molecule has 0 fully saturated rings. The number of benzene rings is 2. The summed E-state index contributed by atoms with van der Waals surface area (Å²) < 4.78 is 38.0. The molecule has 1 N–H and O–H groups in total. The van der Waals surface area contributed by atoms with Gasteiger partial charge in [-0.25, -0.2) is 13.2 Å². The average molecular weight is 337 g/mol.